The van der Waals surface area contributed by atoms with E-state index < -0.39 is 0 Å². The third kappa shape index (κ3) is 29.7. The number of nitrogens with one attached hydrogen (secondary N) is 1. The summed E-state index contributed by atoms with van der Waals surface area (Å²) in [5.74, 6) is 0.138. The zero-order valence-corrected chi connectivity index (χ0v) is 10.1. The molecule has 0 rings (SSSR count). The molecular weight excluding hydrogens is 283 g/mol. The maximum absolute atomic E-state index is 10.7. The van der Waals surface area contributed by atoms with E-state index in [2.05, 4.69) is 5.32 Å². The molecule has 1 radical (unpaired) electrons. The minimum Gasteiger partial charge on any atom is -1.00 e. The fraction of sp³-hybridized carbons (Fsp3) is 0.571. The van der Waals surface area contributed by atoms with E-state index in [0.717, 1.165) is 6.54 Å². The zero-order chi connectivity index (χ0) is 7.11. The Morgan fingerprint density at radius 3 is 1.93 bits per heavy atom. The number of allylic oxidation sites excluding steroid dienone is 1. The molecule has 0 aliphatic heterocycles. The fourth-order valence-electron chi connectivity index (χ4n) is 0.493. The summed E-state index contributed by atoms with van der Waals surface area (Å²) in [6.07, 6.45) is 3.32. The molecular formula is C7H13F4NNbO. The van der Waals surface area contributed by atoms with Gasteiger partial charge in [0, 0.05) is 0 Å². The Hall–Kier alpha value is -0.170. The van der Waals surface area contributed by atoms with Crippen molar-refractivity contribution in [3.8, 4) is 0 Å². The van der Waals surface area contributed by atoms with Crippen molar-refractivity contribution in [1.82, 2.24) is 5.32 Å². The maximum atomic E-state index is 10.7. The van der Waals surface area contributed by atoms with E-state index in [0.29, 0.717) is 6.54 Å². The van der Waals surface area contributed by atoms with Gasteiger partial charge < -0.3 is 24.1 Å². The van der Waals surface area contributed by atoms with Gasteiger partial charge in [-0.15, -0.1) is 0 Å². The first-order valence-corrected chi connectivity index (χ1v) is 3.17. The predicted octanol–water partition coefficient (Wildman–Crippen LogP) is -11.2. The van der Waals surface area contributed by atoms with E-state index >= 15 is 0 Å². The van der Waals surface area contributed by atoms with Gasteiger partial charge in [-0.2, -0.15) is 0 Å². The van der Waals surface area contributed by atoms with E-state index in [1.165, 1.54) is 0 Å². The van der Waals surface area contributed by atoms with Crippen molar-refractivity contribution >= 4 is 5.78 Å². The second kappa shape index (κ2) is 29.3. The number of ketones is 1. The van der Waals surface area contributed by atoms with E-state index in [1.807, 2.05) is 13.8 Å². The molecule has 0 amide bonds. The first-order valence-electron chi connectivity index (χ1n) is 3.17. The minimum atomic E-state index is 0. The summed E-state index contributed by atoms with van der Waals surface area (Å²) in [6.45, 7) is 5.12. The molecule has 0 aliphatic rings. The van der Waals surface area contributed by atoms with Crippen LogP contribution in [0, 0.1) is 0 Å². The molecule has 7 heteroatoms. The van der Waals surface area contributed by atoms with Gasteiger partial charge in [0.25, 0.3) is 0 Å². The van der Waals surface area contributed by atoms with Gasteiger partial charge in [0.15, 0.2) is 5.78 Å². The molecule has 14 heavy (non-hydrogen) atoms. The number of likely N-dealkylation sites (N-methyl/N-ethyl adjacent to an activating group) is 1. The average Bonchev–Trinajstić information content (AvgIpc) is 1.85. The number of carbonyl (C=O) groups is 1. The zero-order valence-electron chi connectivity index (χ0n) is 7.94. The van der Waals surface area contributed by atoms with Crippen LogP contribution in [0.25, 0.3) is 0 Å². The smallest absolute Gasteiger partial charge is 1.00 e. The molecule has 0 unspecified atom stereocenters. The molecule has 0 aromatic heterocycles. The van der Waals surface area contributed by atoms with Crippen molar-refractivity contribution in [2.75, 3.05) is 13.1 Å². The van der Waals surface area contributed by atoms with Gasteiger partial charge in [0.1, 0.15) is 0 Å². The van der Waals surface area contributed by atoms with Crippen LogP contribution >= 0.6 is 0 Å². The molecule has 0 saturated heterocycles. The van der Waals surface area contributed by atoms with Crippen molar-refractivity contribution in [2.24, 2.45) is 0 Å². The van der Waals surface area contributed by atoms with Gasteiger partial charge >= 0.3 is 22.4 Å². The SMILES string of the molecule is CC=CC(=O)CNCC.[F-].[F-].[F-].[F-].[Nb+4]. The normalized spacial score (nSPS) is 6.71. The van der Waals surface area contributed by atoms with Crippen LogP contribution in [-0.4, -0.2) is 18.9 Å². The predicted molar refractivity (Wildman–Crippen MR) is 38.4 cm³/mol. The van der Waals surface area contributed by atoms with E-state index in [9.17, 15) is 4.79 Å². The summed E-state index contributed by atoms with van der Waals surface area (Å²) in [7, 11) is 0. The Kier molecular flexibility index (Phi) is 77.7. The first kappa shape index (κ1) is 37.1. The Morgan fingerprint density at radius 1 is 1.21 bits per heavy atom. The Morgan fingerprint density at radius 2 is 1.64 bits per heavy atom. The number of rotatable bonds is 4. The first-order chi connectivity index (χ1) is 4.31. The van der Waals surface area contributed by atoms with E-state index in [-0.39, 0.29) is 47.0 Å². The van der Waals surface area contributed by atoms with Crippen molar-refractivity contribution in [2.45, 2.75) is 13.8 Å². The molecule has 0 bridgehead atoms. The molecule has 0 heterocycles. The number of hydrogen-bond acceptors (Lipinski definition) is 2. The number of halogens is 4. The Bertz CT molecular complexity index is 124. The van der Waals surface area contributed by atoms with Crippen LogP contribution in [-0.2, 0) is 27.2 Å². The van der Waals surface area contributed by atoms with Gasteiger partial charge in [-0.25, -0.2) is 0 Å². The molecule has 2 nitrogen and oxygen atoms in total. The molecule has 1 N–H and O–H groups in total. The van der Waals surface area contributed by atoms with Crippen LogP contribution in [0.1, 0.15) is 13.8 Å². The molecule has 0 saturated carbocycles. The van der Waals surface area contributed by atoms with Crippen molar-refractivity contribution in [3.63, 3.8) is 0 Å². The van der Waals surface area contributed by atoms with Gasteiger partial charge in [-0.05, 0) is 19.5 Å². The van der Waals surface area contributed by atoms with Crippen molar-refractivity contribution < 1.29 is 46.0 Å². The second-order valence-electron chi connectivity index (χ2n) is 1.75. The molecule has 0 spiro atoms. The molecule has 0 atom stereocenters. The molecule has 0 fully saturated rings. The number of carbonyl (C=O) groups excluding carboxylic acids is 1. The summed E-state index contributed by atoms with van der Waals surface area (Å²) in [5.41, 5.74) is 0. The van der Waals surface area contributed by atoms with Gasteiger partial charge in [-0.1, -0.05) is 13.0 Å². The van der Waals surface area contributed by atoms with Gasteiger partial charge in [-0.3, -0.25) is 4.79 Å². The van der Waals surface area contributed by atoms with E-state index in [4.69, 9.17) is 0 Å². The van der Waals surface area contributed by atoms with Gasteiger partial charge in [0.2, 0.25) is 0 Å². The summed E-state index contributed by atoms with van der Waals surface area (Å²) in [6, 6.07) is 0. The summed E-state index contributed by atoms with van der Waals surface area (Å²) in [4.78, 5) is 10.7. The van der Waals surface area contributed by atoms with E-state index in [1.54, 1.807) is 12.2 Å². The van der Waals surface area contributed by atoms with Crippen LogP contribution < -0.4 is 24.1 Å². The maximum Gasteiger partial charge on any atom is 4.00 e. The summed E-state index contributed by atoms with van der Waals surface area (Å²) < 4.78 is 0. The van der Waals surface area contributed by atoms with Crippen molar-refractivity contribution in [3.05, 3.63) is 12.2 Å². The molecule has 0 aliphatic carbocycles. The third-order valence-electron chi connectivity index (χ3n) is 0.902. The quantitative estimate of drug-likeness (QED) is 0.317. The number of hydrogen-bond donors (Lipinski definition) is 1. The van der Waals surface area contributed by atoms with Crippen molar-refractivity contribution in [1.29, 1.82) is 0 Å². The monoisotopic (exact) mass is 296 g/mol. The second-order valence-corrected chi connectivity index (χ2v) is 1.75. The standard InChI is InChI=1S/C7H13NO.4FH.Nb/c1-3-5-7(9)6-8-4-2;;;;;/h3,5,8H,4,6H2,1-2H3;4*1H;/q;;;;;+4/p-4. The molecule has 85 valence electrons. The average molecular weight is 296 g/mol. The van der Waals surface area contributed by atoms with Crippen LogP contribution in [0.15, 0.2) is 12.2 Å². The Balaban J connectivity index is -0.0000000320. The fourth-order valence-corrected chi connectivity index (χ4v) is 0.493. The topological polar surface area (TPSA) is 29.1 Å². The van der Waals surface area contributed by atoms with Crippen LogP contribution in [0.4, 0.5) is 0 Å². The van der Waals surface area contributed by atoms with Crippen LogP contribution in [0.5, 0.6) is 0 Å². The van der Waals surface area contributed by atoms with Gasteiger partial charge in [0.05, 0.1) is 6.54 Å². The molecule has 0 aromatic rings. The minimum absolute atomic E-state index is 0. The summed E-state index contributed by atoms with van der Waals surface area (Å²) >= 11 is 0. The molecule has 0 aromatic carbocycles. The third-order valence-corrected chi connectivity index (χ3v) is 0.902. The largest absolute Gasteiger partial charge is 4.00 e. The van der Waals surface area contributed by atoms with Crippen LogP contribution in [0.2, 0.25) is 0 Å². The Labute approximate surface area is 96.5 Å². The van der Waals surface area contributed by atoms with Crippen LogP contribution in [0.3, 0.4) is 0 Å². The summed E-state index contributed by atoms with van der Waals surface area (Å²) in [5, 5.41) is 2.93.